The van der Waals surface area contributed by atoms with E-state index in [-0.39, 0.29) is 17.4 Å². The molecule has 0 spiro atoms. The highest BCUT2D eigenvalue weighted by Crippen LogP contribution is 2.21. The van der Waals surface area contributed by atoms with Crippen LogP contribution in [-0.4, -0.2) is 25.8 Å². The average Bonchev–Trinajstić information content (AvgIpc) is 2.36. The zero-order chi connectivity index (χ0) is 14.3. The van der Waals surface area contributed by atoms with Gasteiger partial charge >= 0.3 is 0 Å². The lowest BCUT2D eigenvalue weighted by atomic mass is 9.99. The van der Waals surface area contributed by atoms with Gasteiger partial charge in [-0.3, -0.25) is 0 Å². The Labute approximate surface area is 126 Å². The van der Waals surface area contributed by atoms with Crippen molar-refractivity contribution < 1.29 is 8.42 Å². The molecule has 0 aliphatic rings. The van der Waals surface area contributed by atoms with Gasteiger partial charge in [0.1, 0.15) is 9.84 Å². The predicted molar refractivity (Wildman–Crippen MR) is 82.9 cm³/mol. The van der Waals surface area contributed by atoms with E-state index < -0.39 is 9.84 Å². The number of sulfone groups is 1. The molecule has 2 nitrogen and oxygen atoms in total. The topological polar surface area (TPSA) is 34.1 Å². The van der Waals surface area contributed by atoms with E-state index in [9.17, 15) is 8.42 Å². The molecule has 0 aromatic heterocycles. The molecule has 0 bridgehead atoms. The van der Waals surface area contributed by atoms with Gasteiger partial charge in [0.25, 0.3) is 0 Å². The Morgan fingerprint density at radius 1 is 1.21 bits per heavy atom. The van der Waals surface area contributed by atoms with Gasteiger partial charge in [-0.1, -0.05) is 36.7 Å². The first kappa shape index (κ1) is 16.8. The van der Waals surface area contributed by atoms with Crippen LogP contribution in [0.4, 0.5) is 0 Å². The molecule has 19 heavy (non-hydrogen) atoms. The van der Waals surface area contributed by atoms with Crippen LogP contribution in [0.25, 0.3) is 0 Å². The van der Waals surface area contributed by atoms with Crippen molar-refractivity contribution >= 4 is 33.0 Å². The number of rotatable bonds is 8. The van der Waals surface area contributed by atoms with E-state index in [1.165, 1.54) is 0 Å². The van der Waals surface area contributed by atoms with Crippen LogP contribution < -0.4 is 0 Å². The smallest absolute Gasteiger partial charge is 0.150 e. The minimum absolute atomic E-state index is 0.146. The molecule has 5 heteroatoms. The van der Waals surface area contributed by atoms with Crippen LogP contribution in [0.3, 0.4) is 0 Å². The predicted octanol–water partition coefficient (Wildman–Crippen LogP) is 3.95. The molecule has 108 valence electrons. The van der Waals surface area contributed by atoms with Crippen molar-refractivity contribution in [3.63, 3.8) is 0 Å². The number of hydrogen-bond donors (Lipinski definition) is 0. The molecule has 1 aromatic rings. The van der Waals surface area contributed by atoms with Crippen molar-refractivity contribution in [1.29, 1.82) is 0 Å². The largest absolute Gasteiger partial charge is 0.229 e. The molecule has 0 fully saturated rings. The third-order valence-electron chi connectivity index (χ3n) is 3.04. The maximum atomic E-state index is 11.7. The zero-order valence-corrected chi connectivity index (χ0v) is 13.4. The van der Waals surface area contributed by atoms with Crippen molar-refractivity contribution in [3.8, 4) is 0 Å². The molecule has 0 aliphatic carbocycles. The van der Waals surface area contributed by atoms with Crippen LogP contribution in [0.15, 0.2) is 24.3 Å². The monoisotopic (exact) mass is 322 g/mol. The van der Waals surface area contributed by atoms with E-state index in [2.05, 4.69) is 0 Å². The van der Waals surface area contributed by atoms with E-state index in [1.807, 2.05) is 31.2 Å². The lowest BCUT2D eigenvalue weighted by molar-refractivity contribution is 0.547. The van der Waals surface area contributed by atoms with Gasteiger partial charge in [-0.2, -0.15) is 0 Å². The Morgan fingerprint density at radius 3 is 2.47 bits per heavy atom. The third-order valence-corrected chi connectivity index (χ3v) is 5.73. The molecular weight excluding hydrogens is 303 g/mol. The molecule has 0 saturated heterocycles. The number of hydrogen-bond acceptors (Lipinski definition) is 2. The molecule has 1 rings (SSSR count). The lowest BCUT2D eigenvalue weighted by Gasteiger charge is -2.14. The minimum Gasteiger partial charge on any atom is -0.229 e. The fourth-order valence-corrected chi connectivity index (χ4v) is 3.96. The summed E-state index contributed by atoms with van der Waals surface area (Å²) in [5, 5.41) is 0.717. The molecule has 1 atom stereocenters. The molecule has 0 N–H and O–H groups in total. The van der Waals surface area contributed by atoms with E-state index >= 15 is 0 Å². The van der Waals surface area contributed by atoms with Crippen LogP contribution in [0.1, 0.15) is 25.3 Å². The Bertz CT molecular complexity index is 486. The molecule has 0 amide bonds. The Kier molecular flexibility index (Phi) is 7.19. The summed E-state index contributed by atoms with van der Waals surface area (Å²) >= 11 is 12.0. The highest BCUT2D eigenvalue weighted by Gasteiger charge is 2.16. The lowest BCUT2D eigenvalue weighted by Crippen LogP contribution is -2.16. The summed E-state index contributed by atoms with van der Waals surface area (Å²) in [4.78, 5) is 0. The second-order valence-electron chi connectivity index (χ2n) is 4.76. The van der Waals surface area contributed by atoms with Gasteiger partial charge in [0, 0.05) is 16.7 Å². The van der Waals surface area contributed by atoms with Crippen molar-refractivity contribution in [3.05, 3.63) is 34.9 Å². The zero-order valence-electron chi connectivity index (χ0n) is 11.1. The highest BCUT2D eigenvalue weighted by molar-refractivity contribution is 7.91. The summed E-state index contributed by atoms with van der Waals surface area (Å²) in [6, 6.07) is 7.62. The molecule has 0 heterocycles. The molecular formula is C14H20Cl2O2S. The maximum absolute atomic E-state index is 11.7. The van der Waals surface area contributed by atoms with E-state index in [0.29, 0.717) is 23.7 Å². The van der Waals surface area contributed by atoms with E-state index in [0.717, 1.165) is 12.0 Å². The Hall–Kier alpha value is -0.250. The van der Waals surface area contributed by atoms with Crippen LogP contribution in [0.5, 0.6) is 0 Å². The van der Waals surface area contributed by atoms with Crippen molar-refractivity contribution in [2.75, 3.05) is 17.4 Å². The van der Waals surface area contributed by atoms with Gasteiger partial charge in [0.2, 0.25) is 0 Å². The van der Waals surface area contributed by atoms with Gasteiger partial charge in [-0.25, -0.2) is 8.42 Å². The highest BCUT2D eigenvalue weighted by atomic mass is 35.5. The van der Waals surface area contributed by atoms with Crippen molar-refractivity contribution in [2.45, 2.75) is 26.2 Å². The van der Waals surface area contributed by atoms with Crippen molar-refractivity contribution in [1.82, 2.24) is 0 Å². The second-order valence-corrected chi connectivity index (χ2v) is 7.78. The third kappa shape index (κ3) is 6.15. The van der Waals surface area contributed by atoms with E-state index in [1.54, 1.807) is 0 Å². The fourth-order valence-electron chi connectivity index (χ4n) is 1.97. The standard InChI is InChI=1S/C14H20Cl2O2S/c1-2-8-19(17,18)9-7-12(11-15)10-13-5-3-4-6-14(13)16/h3-6,12H,2,7-11H2,1H3. The maximum Gasteiger partial charge on any atom is 0.150 e. The van der Waals surface area contributed by atoms with Gasteiger partial charge in [0.15, 0.2) is 0 Å². The average molecular weight is 323 g/mol. The van der Waals surface area contributed by atoms with E-state index in [4.69, 9.17) is 23.2 Å². The molecule has 0 aliphatic heterocycles. The van der Waals surface area contributed by atoms with Gasteiger partial charge in [-0.15, -0.1) is 11.6 Å². The second kappa shape index (κ2) is 8.13. The van der Waals surface area contributed by atoms with Crippen LogP contribution in [0.2, 0.25) is 5.02 Å². The first-order valence-electron chi connectivity index (χ1n) is 6.48. The number of benzene rings is 1. The van der Waals surface area contributed by atoms with Gasteiger partial charge in [-0.05, 0) is 36.8 Å². The summed E-state index contributed by atoms with van der Waals surface area (Å²) in [6.07, 6.45) is 1.99. The van der Waals surface area contributed by atoms with Crippen LogP contribution in [-0.2, 0) is 16.3 Å². The van der Waals surface area contributed by atoms with Gasteiger partial charge in [0.05, 0.1) is 5.75 Å². The summed E-state index contributed by atoms with van der Waals surface area (Å²) < 4.78 is 23.4. The Morgan fingerprint density at radius 2 is 1.89 bits per heavy atom. The first-order chi connectivity index (χ1) is 8.98. The SMILES string of the molecule is CCCS(=O)(=O)CCC(CCl)Cc1ccccc1Cl. The van der Waals surface area contributed by atoms with Gasteiger partial charge < -0.3 is 0 Å². The number of alkyl halides is 1. The summed E-state index contributed by atoms with van der Waals surface area (Å²) in [5.74, 6) is 1.07. The normalized spacial score (nSPS) is 13.4. The summed E-state index contributed by atoms with van der Waals surface area (Å²) in [7, 11) is -2.93. The summed E-state index contributed by atoms with van der Waals surface area (Å²) in [6.45, 7) is 1.88. The quantitative estimate of drug-likeness (QED) is 0.679. The van der Waals surface area contributed by atoms with Crippen LogP contribution >= 0.6 is 23.2 Å². The fraction of sp³-hybridized carbons (Fsp3) is 0.571. The first-order valence-corrected chi connectivity index (χ1v) is 9.21. The van der Waals surface area contributed by atoms with Crippen molar-refractivity contribution in [2.24, 2.45) is 5.92 Å². The Balaban J connectivity index is 2.58. The van der Waals surface area contributed by atoms with Crippen LogP contribution in [0, 0.1) is 5.92 Å². The minimum atomic E-state index is -2.93. The number of halogens is 2. The molecule has 0 saturated carbocycles. The summed E-state index contributed by atoms with van der Waals surface area (Å²) in [5.41, 5.74) is 1.03. The molecule has 0 radical (unpaired) electrons. The molecule has 1 aromatic carbocycles. The molecule has 1 unspecified atom stereocenters.